The van der Waals surface area contributed by atoms with Gasteiger partial charge in [-0.1, -0.05) is 36.4 Å². The number of rotatable bonds is 5. The zero-order chi connectivity index (χ0) is 25.7. The topological polar surface area (TPSA) is 109 Å². The molecule has 0 saturated carbocycles. The van der Waals surface area contributed by atoms with E-state index in [-0.39, 0.29) is 30.6 Å². The van der Waals surface area contributed by atoms with Crippen LogP contribution in [0.25, 0.3) is 10.9 Å². The molecule has 1 N–H and O–H groups in total. The lowest BCUT2D eigenvalue weighted by Gasteiger charge is -2.47. The number of hydrogen-bond donors (Lipinski definition) is 1. The number of fused-ring (bicyclic) bond motifs is 4. The number of non-ortho nitro benzene ring substituents is 1. The second-order valence-electron chi connectivity index (χ2n) is 9.34. The Kier molecular flexibility index (Phi) is 5.40. The van der Waals surface area contributed by atoms with Gasteiger partial charge in [0.2, 0.25) is 11.8 Å². The summed E-state index contributed by atoms with van der Waals surface area (Å²) in [7, 11) is 1.58. The molecule has 1 saturated heterocycles. The number of nitro groups is 1. The lowest BCUT2D eigenvalue weighted by atomic mass is 9.86. The van der Waals surface area contributed by atoms with Crippen molar-refractivity contribution in [3.8, 4) is 5.75 Å². The van der Waals surface area contributed by atoms with Crippen LogP contribution in [-0.2, 0) is 22.6 Å². The third-order valence-electron chi connectivity index (χ3n) is 7.32. The summed E-state index contributed by atoms with van der Waals surface area (Å²) in [6.07, 6.45) is 0.385. The molecule has 0 unspecified atom stereocenters. The number of nitro benzene ring substituents is 1. The summed E-state index contributed by atoms with van der Waals surface area (Å²) in [6, 6.07) is 20.3. The number of ether oxygens (including phenoxy) is 1. The number of carbonyl (C=O) groups excluding carboxylic acids is 2. The van der Waals surface area contributed by atoms with Gasteiger partial charge >= 0.3 is 0 Å². The number of amides is 2. The number of carbonyl (C=O) groups is 2. The number of aromatic amines is 1. The fraction of sp³-hybridized carbons (Fsp3) is 0.214. The minimum atomic E-state index is -0.692. The van der Waals surface area contributed by atoms with Crippen LogP contribution in [0, 0.1) is 10.1 Å². The van der Waals surface area contributed by atoms with Crippen LogP contribution in [0.5, 0.6) is 5.75 Å². The molecule has 0 radical (unpaired) electrons. The highest BCUT2D eigenvalue weighted by Gasteiger charge is 2.48. The van der Waals surface area contributed by atoms with Crippen molar-refractivity contribution in [2.45, 2.75) is 25.0 Å². The maximum atomic E-state index is 13.9. The Labute approximate surface area is 212 Å². The molecule has 3 heterocycles. The smallest absolute Gasteiger partial charge is 0.269 e. The molecule has 186 valence electrons. The Morgan fingerprint density at radius 1 is 1.03 bits per heavy atom. The normalized spacial score (nSPS) is 19.1. The first kappa shape index (κ1) is 22.8. The highest BCUT2D eigenvalue weighted by Crippen LogP contribution is 2.43. The van der Waals surface area contributed by atoms with E-state index in [0.29, 0.717) is 17.7 Å². The van der Waals surface area contributed by atoms with Crippen LogP contribution in [0.3, 0.4) is 0 Å². The van der Waals surface area contributed by atoms with Gasteiger partial charge in [-0.25, -0.2) is 0 Å². The maximum Gasteiger partial charge on any atom is 0.269 e. The average Bonchev–Trinajstić information content (AvgIpc) is 3.29. The van der Waals surface area contributed by atoms with Gasteiger partial charge in [-0.05, 0) is 35.4 Å². The van der Waals surface area contributed by atoms with Crippen molar-refractivity contribution < 1.29 is 19.2 Å². The van der Waals surface area contributed by atoms with Gasteiger partial charge in [0.05, 0.1) is 18.1 Å². The van der Waals surface area contributed by atoms with E-state index in [1.807, 2.05) is 48.5 Å². The summed E-state index contributed by atoms with van der Waals surface area (Å²) < 4.78 is 5.46. The first-order valence-corrected chi connectivity index (χ1v) is 12.0. The number of nitrogens with zero attached hydrogens (tertiary/aromatic N) is 3. The Bertz CT molecular complexity index is 1540. The average molecular weight is 497 g/mol. The monoisotopic (exact) mass is 496 g/mol. The van der Waals surface area contributed by atoms with E-state index >= 15 is 0 Å². The van der Waals surface area contributed by atoms with E-state index in [1.54, 1.807) is 29.0 Å². The molecule has 9 nitrogen and oxygen atoms in total. The molecule has 2 aliphatic rings. The third kappa shape index (κ3) is 3.70. The summed E-state index contributed by atoms with van der Waals surface area (Å²) in [6.45, 7) is 0.203. The number of H-pyrrole nitrogens is 1. The molecule has 37 heavy (non-hydrogen) atoms. The molecule has 1 fully saturated rings. The third-order valence-corrected chi connectivity index (χ3v) is 7.32. The molecular formula is C28H24N4O5. The van der Waals surface area contributed by atoms with Gasteiger partial charge in [0.25, 0.3) is 5.69 Å². The number of benzene rings is 3. The molecule has 9 heteroatoms. The quantitative estimate of drug-likeness (QED) is 0.332. The van der Waals surface area contributed by atoms with E-state index in [4.69, 9.17) is 4.74 Å². The van der Waals surface area contributed by atoms with Crippen molar-refractivity contribution in [2.75, 3.05) is 13.7 Å². The molecule has 0 spiro atoms. The first-order chi connectivity index (χ1) is 18.0. The Morgan fingerprint density at radius 2 is 1.76 bits per heavy atom. The number of nitrogens with one attached hydrogen (secondary N) is 1. The van der Waals surface area contributed by atoms with Gasteiger partial charge in [0.15, 0.2) is 0 Å². The summed E-state index contributed by atoms with van der Waals surface area (Å²) in [5.74, 6) is 0.358. The summed E-state index contributed by atoms with van der Waals surface area (Å²) >= 11 is 0. The zero-order valence-corrected chi connectivity index (χ0v) is 20.1. The van der Waals surface area contributed by atoms with E-state index in [0.717, 1.165) is 27.7 Å². The van der Waals surface area contributed by atoms with Crippen LogP contribution in [0.15, 0.2) is 72.8 Å². The lowest BCUT2D eigenvalue weighted by Crippen LogP contribution is -2.62. The highest BCUT2D eigenvalue weighted by molar-refractivity contribution is 5.97. The fourth-order valence-electron chi connectivity index (χ4n) is 5.62. The molecule has 2 atom stereocenters. The molecule has 3 aromatic carbocycles. The van der Waals surface area contributed by atoms with Crippen molar-refractivity contribution in [3.63, 3.8) is 0 Å². The van der Waals surface area contributed by atoms with Gasteiger partial charge in [-0.3, -0.25) is 19.7 Å². The van der Waals surface area contributed by atoms with Gasteiger partial charge in [0, 0.05) is 47.3 Å². The van der Waals surface area contributed by atoms with Gasteiger partial charge < -0.3 is 19.5 Å². The number of para-hydroxylation sites is 2. The number of piperazine rings is 1. The van der Waals surface area contributed by atoms with Crippen LogP contribution in [0.1, 0.15) is 28.4 Å². The molecule has 1 aromatic heterocycles. The fourth-order valence-corrected chi connectivity index (χ4v) is 5.62. The molecule has 2 aliphatic heterocycles. The Hall–Kier alpha value is -4.66. The predicted octanol–water partition coefficient (Wildman–Crippen LogP) is 3.97. The van der Waals surface area contributed by atoms with Crippen LogP contribution >= 0.6 is 0 Å². The van der Waals surface area contributed by atoms with E-state index in [2.05, 4.69) is 4.98 Å². The summed E-state index contributed by atoms with van der Waals surface area (Å²) in [4.78, 5) is 45.1. The Morgan fingerprint density at radius 3 is 2.51 bits per heavy atom. The summed E-state index contributed by atoms with van der Waals surface area (Å²) in [5.41, 5.74) is 4.26. The van der Waals surface area contributed by atoms with E-state index in [9.17, 15) is 19.7 Å². The van der Waals surface area contributed by atoms with Crippen LogP contribution in [0.2, 0.25) is 0 Å². The molecule has 0 aliphatic carbocycles. The van der Waals surface area contributed by atoms with Crippen LogP contribution in [0.4, 0.5) is 5.69 Å². The van der Waals surface area contributed by atoms with Crippen molar-refractivity contribution in [3.05, 3.63) is 105 Å². The largest absolute Gasteiger partial charge is 0.496 e. The standard InChI is InChI=1S/C28H24N4O5/c1-37-24-9-5-2-6-18(24)15-30-16-25(33)31-23(28(30)34)14-21-20-7-3-4-8-22(20)29-26(21)27(31)17-10-12-19(13-11-17)32(35)36/h2-13,23,27,29H,14-16H2,1H3/t23-,27+/m0/s1. The number of methoxy groups -OCH3 is 1. The highest BCUT2D eigenvalue weighted by atomic mass is 16.6. The van der Waals surface area contributed by atoms with Crippen molar-refractivity contribution in [1.82, 2.24) is 14.8 Å². The van der Waals surface area contributed by atoms with Crippen molar-refractivity contribution in [1.29, 1.82) is 0 Å². The lowest BCUT2D eigenvalue weighted by molar-refractivity contribution is -0.384. The second-order valence-corrected chi connectivity index (χ2v) is 9.34. The van der Waals surface area contributed by atoms with E-state index < -0.39 is 17.0 Å². The van der Waals surface area contributed by atoms with Gasteiger partial charge in [-0.15, -0.1) is 0 Å². The van der Waals surface area contributed by atoms with Crippen molar-refractivity contribution >= 4 is 28.4 Å². The minimum absolute atomic E-state index is 0.0305. The maximum absolute atomic E-state index is 13.9. The van der Waals surface area contributed by atoms with Crippen LogP contribution in [-0.4, -0.2) is 51.2 Å². The second kappa shape index (κ2) is 8.77. The molecule has 0 bridgehead atoms. The van der Waals surface area contributed by atoms with Crippen LogP contribution < -0.4 is 4.74 Å². The minimum Gasteiger partial charge on any atom is -0.496 e. The predicted molar refractivity (Wildman–Crippen MR) is 136 cm³/mol. The van der Waals surface area contributed by atoms with Gasteiger partial charge in [0.1, 0.15) is 18.3 Å². The molecule has 6 rings (SSSR count). The Balaban J connectivity index is 1.44. The molecular weight excluding hydrogens is 472 g/mol. The van der Waals surface area contributed by atoms with Gasteiger partial charge in [-0.2, -0.15) is 0 Å². The molecule has 4 aromatic rings. The van der Waals surface area contributed by atoms with Crippen molar-refractivity contribution in [2.24, 2.45) is 0 Å². The first-order valence-electron chi connectivity index (χ1n) is 12.0. The number of hydrogen-bond acceptors (Lipinski definition) is 5. The van der Waals surface area contributed by atoms with E-state index in [1.165, 1.54) is 12.1 Å². The molecule has 2 amide bonds. The SMILES string of the molecule is COc1ccccc1CN1CC(=O)N2[C@H](c3ccc([N+](=O)[O-])cc3)c3[nH]c4ccccc4c3C[C@H]2C1=O. The number of aromatic nitrogens is 1. The summed E-state index contributed by atoms with van der Waals surface area (Å²) in [5, 5.41) is 12.2. The zero-order valence-electron chi connectivity index (χ0n) is 20.1.